The number of aryl methyl sites for hydroxylation is 1. The van der Waals surface area contributed by atoms with Crippen LogP contribution in [0.5, 0.6) is 0 Å². The molecule has 1 aromatic heterocycles. The summed E-state index contributed by atoms with van der Waals surface area (Å²) in [5, 5.41) is 7.89. The Bertz CT molecular complexity index is 763. The summed E-state index contributed by atoms with van der Waals surface area (Å²) in [5.74, 6) is 1.52. The molecule has 1 atom stereocenters. The molecule has 26 heavy (non-hydrogen) atoms. The van der Waals surface area contributed by atoms with Gasteiger partial charge >= 0.3 is 0 Å². The van der Waals surface area contributed by atoms with Gasteiger partial charge in [-0.15, -0.1) is 0 Å². The van der Waals surface area contributed by atoms with Gasteiger partial charge in [0, 0.05) is 55.7 Å². The monoisotopic (exact) mass is 417 g/mol. The Hall–Kier alpha value is -1.82. The largest absolute Gasteiger partial charge is 0.355 e. The maximum Gasteiger partial charge on any atom is 0.193 e. The van der Waals surface area contributed by atoms with E-state index in [2.05, 4.69) is 80.5 Å². The minimum atomic E-state index is 0.0269. The van der Waals surface area contributed by atoms with Crippen molar-refractivity contribution in [2.75, 3.05) is 26.7 Å². The Morgan fingerprint density at radius 2 is 2.08 bits per heavy atom. The molecule has 1 aliphatic rings. The summed E-state index contributed by atoms with van der Waals surface area (Å²) < 4.78 is 2.99. The van der Waals surface area contributed by atoms with Crippen LogP contribution in [0.25, 0.3) is 0 Å². The van der Waals surface area contributed by atoms with Crippen molar-refractivity contribution >= 4 is 21.9 Å². The van der Waals surface area contributed by atoms with Gasteiger partial charge in [-0.25, -0.2) is 0 Å². The average Bonchev–Trinajstić information content (AvgIpc) is 3.25. The number of benzene rings is 1. The summed E-state index contributed by atoms with van der Waals surface area (Å²) in [6.45, 7) is 7.38. The number of aliphatic imine (C=N–C) groups is 1. The maximum atomic E-state index is 4.52. The molecular weight excluding hydrogens is 390 g/mol. The Morgan fingerprint density at radius 1 is 1.35 bits per heavy atom. The van der Waals surface area contributed by atoms with Gasteiger partial charge in [0.2, 0.25) is 0 Å². The first-order valence-electron chi connectivity index (χ1n) is 9.09. The zero-order chi connectivity index (χ0) is 18.7. The SMILES string of the molecule is CN=C(NCC(C)(C)c1ccc(Br)cc1)N1CCC(c2cnn(C)c2)C1. The molecule has 0 saturated carbocycles. The van der Waals surface area contributed by atoms with Crippen molar-refractivity contribution in [3.8, 4) is 0 Å². The van der Waals surface area contributed by atoms with Crippen molar-refractivity contribution < 1.29 is 0 Å². The third-order valence-electron chi connectivity index (χ3n) is 5.21. The normalized spacial score (nSPS) is 18.4. The van der Waals surface area contributed by atoms with Crippen molar-refractivity contribution in [2.45, 2.75) is 31.6 Å². The van der Waals surface area contributed by atoms with E-state index in [1.165, 1.54) is 11.1 Å². The number of halogens is 1. The number of rotatable bonds is 4. The minimum absolute atomic E-state index is 0.0269. The topological polar surface area (TPSA) is 45.5 Å². The molecule has 0 radical (unpaired) electrons. The molecule has 1 saturated heterocycles. The van der Waals surface area contributed by atoms with Gasteiger partial charge < -0.3 is 10.2 Å². The van der Waals surface area contributed by atoms with E-state index in [4.69, 9.17) is 0 Å². The fraction of sp³-hybridized carbons (Fsp3) is 0.500. The summed E-state index contributed by atoms with van der Waals surface area (Å²) >= 11 is 3.51. The summed E-state index contributed by atoms with van der Waals surface area (Å²) in [6.07, 6.45) is 5.25. The molecule has 2 aromatic rings. The zero-order valence-electron chi connectivity index (χ0n) is 16.0. The van der Waals surface area contributed by atoms with Gasteiger partial charge in [-0.3, -0.25) is 9.67 Å². The van der Waals surface area contributed by atoms with Gasteiger partial charge in [0.25, 0.3) is 0 Å². The highest BCUT2D eigenvalue weighted by atomic mass is 79.9. The molecule has 3 rings (SSSR count). The van der Waals surface area contributed by atoms with E-state index in [1.54, 1.807) is 0 Å². The van der Waals surface area contributed by atoms with E-state index in [9.17, 15) is 0 Å². The molecule has 5 nitrogen and oxygen atoms in total. The smallest absolute Gasteiger partial charge is 0.193 e. The lowest BCUT2D eigenvalue weighted by Gasteiger charge is -2.29. The molecule has 1 aliphatic heterocycles. The predicted octanol–water partition coefficient (Wildman–Crippen LogP) is 3.53. The quantitative estimate of drug-likeness (QED) is 0.611. The highest BCUT2D eigenvalue weighted by Crippen LogP contribution is 2.27. The number of hydrogen-bond donors (Lipinski definition) is 1. The Labute approximate surface area is 164 Å². The maximum absolute atomic E-state index is 4.52. The molecular formula is C20H28BrN5. The van der Waals surface area contributed by atoms with Crippen LogP contribution in [0.4, 0.5) is 0 Å². The summed E-state index contributed by atoms with van der Waals surface area (Å²) in [7, 11) is 3.84. The molecule has 1 fully saturated rings. The lowest BCUT2D eigenvalue weighted by atomic mass is 9.85. The van der Waals surface area contributed by atoms with Crippen LogP contribution in [-0.2, 0) is 12.5 Å². The first kappa shape index (κ1) is 19.0. The molecule has 6 heteroatoms. The van der Waals surface area contributed by atoms with Gasteiger partial charge in [0.05, 0.1) is 6.20 Å². The van der Waals surface area contributed by atoms with Crippen LogP contribution in [0, 0.1) is 0 Å². The van der Waals surface area contributed by atoms with Crippen molar-refractivity contribution in [3.63, 3.8) is 0 Å². The number of nitrogens with zero attached hydrogens (tertiary/aromatic N) is 4. The van der Waals surface area contributed by atoms with Crippen LogP contribution in [-0.4, -0.2) is 47.3 Å². The fourth-order valence-corrected chi connectivity index (χ4v) is 3.78. The molecule has 140 valence electrons. The molecule has 0 spiro atoms. The highest BCUT2D eigenvalue weighted by molar-refractivity contribution is 9.10. The first-order valence-corrected chi connectivity index (χ1v) is 9.88. The van der Waals surface area contributed by atoms with Crippen LogP contribution in [0.1, 0.15) is 37.3 Å². The summed E-state index contributed by atoms with van der Waals surface area (Å²) in [6, 6.07) is 8.57. The van der Waals surface area contributed by atoms with E-state index in [-0.39, 0.29) is 5.41 Å². The second-order valence-electron chi connectivity index (χ2n) is 7.67. The van der Waals surface area contributed by atoms with Crippen molar-refractivity contribution in [2.24, 2.45) is 12.0 Å². The predicted molar refractivity (Wildman–Crippen MR) is 111 cm³/mol. The van der Waals surface area contributed by atoms with Crippen molar-refractivity contribution in [1.29, 1.82) is 0 Å². The van der Waals surface area contributed by atoms with E-state index in [0.29, 0.717) is 5.92 Å². The third-order valence-corrected chi connectivity index (χ3v) is 5.74. The average molecular weight is 418 g/mol. The van der Waals surface area contributed by atoms with Crippen LogP contribution in [0.15, 0.2) is 46.1 Å². The van der Waals surface area contributed by atoms with Crippen molar-refractivity contribution in [3.05, 3.63) is 52.3 Å². The minimum Gasteiger partial charge on any atom is -0.355 e. The molecule has 1 unspecified atom stereocenters. The first-order chi connectivity index (χ1) is 12.4. The van der Waals surface area contributed by atoms with Crippen molar-refractivity contribution in [1.82, 2.24) is 20.0 Å². The van der Waals surface area contributed by atoms with Crippen LogP contribution < -0.4 is 5.32 Å². The molecule has 0 bridgehead atoms. The second-order valence-corrected chi connectivity index (χ2v) is 8.59. The highest BCUT2D eigenvalue weighted by Gasteiger charge is 2.28. The molecule has 2 heterocycles. The fourth-order valence-electron chi connectivity index (χ4n) is 3.51. The molecule has 0 amide bonds. The Kier molecular flexibility index (Phi) is 5.70. The zero-order valence-corrected chi connectivity index (χ0v) is 17.6. The number of likely N-dealkylation sites (tertiary alicyclic amines) is 1. The molecule has 1 N–H and O–H groups in total. The summed E-state index contributed by atoms with van der Waals surface area (Å²) in [5.41, 5.74) is 2.66. The Balaban J connectivity index is 1.60. The van der Waals surface area contributed by atoms with Gasteiger partial charge in [0.15, 0.2) is 5.96 Å². The van der Waals surface area contributed by atoms with Gasteiger partial charge in [-0.2, -0.15) is 5.10 Å². The lowest BCUT2D eigenvalue weighted by molar-refractivity contribution is 0.454. The van der Waals surface area contributed by atoms with Gasteiger partial charge in [0.1, 0.15) is 0 Å². The van der Waals surface area contributed by atoms with Crippen LogP contribution >= 0.6 is 15.9 Å². The van der Waals surface area contributed by atoms with E-state index in [1.807, 2.05) is 25.0 Å². The number of guanidine groups is 1. The van der Waals surface area contributed by atoms with Gasteiger partial charge in [-0.1, -0.05) is 41.9 Å². The third kappa shape index (κ3) is 4.29. The molecule has 1 aromatic carbocycles. The van der Waals surface area contributed by atoms with E-state index >= 15 is 0 Å². The number of hydrogen-bond acceptors (Lipinski definition) is 2. The number of nitrogens with one attached hydrogen (secondary N) is 1. The summed E-state index contributed by atoms with van der Waals surface area (Å²) in [4.78, 5) is 6.87. The number of aromatic nitrogens is 2. The second kappa shape index (κ2) is 7.82. The molecule has 0 aliphatic carbocycles. The van der Waals surface area contributed by atoms with Crippen LogP contribution in [0.2, 0.25) is 0 Å². The van der Waals surface area contributed by atoms with E-state index in [0.717, 1.165) is 36.5 Å². The van der Waals surface area contributed by atoms with Crippen LogP contribution in [0.3, 0.4) is 0 Å². The lowest BCUT2D eigenvalue weighted by Crippen LogP contribution is -2.45. The van der Waals surface area contributed by atoms with E-state index < -0.39 is 0 Å². The van der Waals surface area contributed by atoms with Gasteiger partial charge in [-0.05, 0) is 29.7 Å². The standard InChI is InChI=1S/C20H28BrN5/c1-20(2,17-5-7-18(21)8-6-17)14-23-19(22-3)26-10-9-15(13-26)16-11-24-25(4)12-16/h5-8,11-12,15H,9-10,13-14H2,1-4H3,(H,22,23). The Morgan fingerprint density at radius 3 is 2.69 bits per heavy atom.